The molecular weight excluding hydrogens is 290 g/mol. The van der Waals surface area contributed by atoms with Crippen LogP contribution in [0.25, 0.3) is 10.9 Å². The van der Waals surface area contributed by atoms with Crippen molar-refractivity contribution in [1.29, 1.82) is 0 Å². The Hall–Kier alpha value is -1.86. The zero-order valence-electron chi connectivity index (χ0n) is 12.0. The number of aliphatic hydroxyl groups excluding tert-OH is 1. The first-order valence-electron chi connectivity index (χ1n) is 7.22. The molecule has 0 aliphatic carbocycles. The van der Waals surface area contributed by atoms with Crippen LogP contribution in [0.3, 0.4) is 0 Å². The number of halogens is 2. The smallest absolute Gasteiger partial charge is 0.297 e. The van der Waals surface area contributed by atoms with Gasteiger partial charge in [-0.25, -0.2) is 18.7 Å². The van der Waals surface area contributed by atoms with Crippen LogP contribution in [-0.2, 0) is 0 Å². The average molecular weight is 308 g/mol. The van der Waals surface area contributed by atoms with E-state index in [1.807, 2.05) is 17.0 Å². The van der Waals surface area contributed by atoms with Gasteiger partial charge in [0, 0.05) is 24.0 Å². The quantitative estimate of drug-likeness (QED) is 0.905. The summed E-state index contributed by atoms with van der Waals surface area (Å²) < 4.78 is 26.0. The van der Waals surface area contributed by atoms with E-state index in [0.29, 0.717) is 37.3 Å². The van der Waals surface area contributed by atoms with Crippen molar-refractivity contribution in [2.75, 3.05) is 24.6 Å². The molecule has 0 spiro atoms. The molecule has 0 saturated carbocycles. The Balaban J connectivity index is 1.99. The lowest BCUT2D eigenvalue weighted by Gasteiger charge is -2.38. The maximum absolute atomic E-state index is 13.0. The van der Waals surface area contributed by atoms with Gasteiger partial charge in [-0.15, -0.1) is 0 Å². The van der Waals surface area contributed by atoms with E-state index >= 15 is 0 Å². The van der Waals surface area contributed by atoms with E-state index in [-0.39, 0.29) is 6.61 Å². The minimum absolute atomic E-state index is 0.0757. The third-order valence-corrected chi connectivity index (χ3v) is 4.17. The Labute approximate surface area is 126 Å². The molecule has 22 heavy (non-hydrogen) atoms. The zero-order valence-corrected chi connectivity index (χ0v) is 12.0. The van der Waals surface area contributed by atoms with Gasteiger partial charge in [0.05, 0.1) is 12.1 Å². The SMILES string of the molecule is NC1(CO)CCN(c2nc(C(F)F)nc3ccccc23)CC1. The van der Waals surface area contributed by atoms with E-state index in [0.717, 1.165) is 5.39 Å². The number of alkyl halides is 2. The molecule has 1 aromatic heterocycles. The summed E-state index contributed by atoms with van der Waals surface area (Å²) in [6.07, 6.45) is -1.53. The summed E-state index contributed by atoms with van der Waals surface area (Å²) >= 11 is 0. The van der Waals surface area contributed by atoms with E-state index in [9.17, 15) is 13.9 Å². The highest BCUT2D eigenvalue weighted by Crippen LogP contribution is 2.30. The zero-order chi connectivity index (χ0) is 15.7. The Morgan fingerprint density at radius 3 is 2.55 bits per heavy atom. The fourth-order valence-electron chi connectivity index (χ4n) is 2.74. The predicted octanol–water partition coefficient (Wildman–Crippen LogP) is 1.86. The number of piperidine rings is 1. The van der Waals surface area contributed by atoms with Crippen molar-refractivity contribution in [3.05, 3.63) is 30.1 Å². The maximum Gasteiger partial charge on any atom is 0.297 e. The molecule has 0 amide bonds. The lowest BCUT2D eigenvalue weighted by atomic mass is 9.89. The van der Waals surface area contributed by atoms with Crippen molar-refractivity contribution in [3.63, 3.8) is 0 Å². The van der Waals surface area contributed by atoms with Crippen molar-refractivity contribution in [3.8, 4) is 0 Å². The molecule has 0 unspecified atom stereocenters. The second kappa shape index (κ2) is 5.73. The number of rotatable bonds is 3. The second-order valence-corrected chi connectivity index (χ2v) is 5.73. The van der Waals surface area contributed by atoms with Crippen LogP contribution in [-0.4, -0.2) is 40.3 Å². The molecule has 0 bridgehead atoms. The largest absolute Gasteiger partial charge is 0.394 e. The molecule has 1 saturated heterocycles. The second-order valence-electron chi connectivity index (χ2n) is 5.73. The van der Waals surface area contributed by atoms with Crippen molar-refractivity contribution in [1.82, 2.24) is 9.97 Å². The number of fused-ring (bicyclic) bond motifs is 1. The molecule has 2 heterocycles. The number of hydrogen-bond acceptors (Lipinski definition) is 5. The normalized spacial score (nSPS) is 18.1. The van der Waals surface area contributed by atoms with Crippen LogP contribution in [0.5, 0.6) is 0 Å². The van der Waals surface area contributed by atoms with Crippen LogP contribution in [0.2, 0.25) is 0 Å². The summed E-state index contributed by atoms with van der Waals surface area (Å²) in [6.45, 7) is 1.06. The minimum Gasteiger partial charge on any atom is -0.394 e. The van der Waals surface area contributed by atoms with Crippen LogP contribution >= 0.6 is 0 Å². The van der Waals surface area contributed by atoms with Gasteiger partial charge < -0.3 is 15.7 Å². The fraction of sp³-hybridized carbons (Fsp3) is 0.467. The van der Waals surface area contributed by atoms with Crippen molar-refractivity contribution >= 4 is 16.7 Å². The van der Waals surface area contributed by atoms with Crippen molar-refractivity contribution < 1.29 is 13.9 Å². The Bertz CT molecular complexity index is 672. The molecule has 2 aromatic rings. The molecule has 5 nitrogen and oxygen atoms in total. The summed E-state index contributed by atoms with van der Waals surface area (Å²) in [7, 11) is 0. The third-order valence-electron chi connectivity index (χ3n) is 4.17. The molecule has 118 valence electrons. The van der Waals surface area contributed by atoms with E-state index in [2.05, 4.69) is 9.97 Å². The molecule has 1 fully saturated rings. The first-order chi connectivity index (χ1) is 10.5. The first kappa shape index (κ1) is 15.1. The van der Waals surface area contributed by atoms with Gasteiger partial charge in [-0.05, 0) is 25.0 Å². The summed E-state index contributed by atoms with van der Waals surface area (Å²) in [5.74, 6) is 0.0568. The van der Waals surface area contributed by atoms with Crippen LogP contribution < -0.4 is 10.6 Å². The molecule has 1 aliphatic rings. The molecule has 3 N–H and O–H groups in total. The van der Waals surface area contributed by atoms with Gasteiger partial charge in [0.1, 0.15) is 5.82 Å². The highest BCUT2D eigenvalue weighted by molar-refractivity contribution is 5.89. The lowest BCUT2D eigenvalue weighted by Crippen LogP contribution is -2.53. The third kappa shape index (κ3) is 2.74. The van der Waals surface area contributed by atoms with Gasteiger partial charge in [-0.1, -0.05) is 12.1 Å². The van der Waals surface area contributed by atoms with Crippen LogP contribution in [0, 0.1) is 0 Å². The number of aliphatic hydroxyl groups is 1. The number of nitrogens with zero attached hydrogens (tertiary/aromatic N) is 3. The number of aromatic nitrogens is 2. The Morgan fingerprint density at radius 2 is 1.91 bits per heavy atom. The molecule has 7 heteroatoms. The predicted molar refractivity (Wildman–Crippen MR) is 79.9 cm³/mol. The van der Waals surface area contributed by atoms with E-state index < -0.39 is 17.8 Å². The molecule has 1 aliphatic heterocycles. The molecular formula is C15H18F2N4O. The molecule has 0 atom stereocenters. The summed E-state index contributed by atoms with van der Waals surface area (Å²) in [5, 5.41) is 10.1. The average Bonchev–Trinajstić information content (AvgIpc) is 2.54. The minimum atomic E-state index is -2.71. The number of nitrogens with two attached hydrogens (primary N) is 1. The van der Waals surface area contributed by atoms with Crippen LogP contribution in [0.15, 0.2) is 24.3 Å². The summed E-state index contributed by atoms with van der Waals surface area (Å²) in [4.78, 5) is 9.92. The highest BCUT2D eigenvalue weighted by atomic mass is 19.3. The maximum atomic E-state index is 13.0. The van der Waals surface area contributed by atoms with Crippen molar-refractivity contribution in [2.45, 2.75) is 24.8 Å². The van der Waals surface area contributed by atoms with E-state index in [4.69, 9.17) is 5.73 Å². The monoisotopic (exact) mass is 308 g/mol. The summed E-state index contributed by atoms with van der Waals surface area (Å²) in [6, 6.07) is 7.14. The van der Waals surface area contributed by atoms with E-state index in [1.165, 1.54) is 0 Å². The Kier molecular flexibility index (Phi) is 3.92. The molecule has 0 radical (unpaired) electrons. The number of anilines is 1. The van der Waals surface area contributed by atoms with Gasteiger partial charge >= 0.3 is 0 Å². The fourth-order valence-corrected chi connectivity index (χ4v) is 2.74. The number of hydrogen-bond donors (Lipinski definition) is 2. The summed E-state index contributed by atoms with van der Waals surface area (Å²) in [5.41, 5.74) is 5.98. The Morgan fingerprint density at radius 1 is 1.23 bits per heavy atom. The van der Waals surface area contributed by atoms with Gasteiger partial charge in [0.2, 0.25) is 0 Å². The van der Waals surface area contributed by atoms with Gasteiger partial charge in [0.15, 0.2) is 5.82 Å². The molecule has 3 rings (SSSR count). The lowest BCUT2D eigenvalue weighted by molar-refractivity contribution is 0.140. The standard InChI is InChI=1S/C15H18F2N4O/c16-12(17)13-19-11-4-2-1-3-10(11)14(20-13)21-7-5-15(18,9-22)6-8-21/h1-4,12,22H,5-9,18H2. The number of benzene rings is 1. The van der Waals surface area contributed by atoms with Gasteiger partial charge in [-0.2, -0.15) is 0 Å². The van der Waals surface area contributed by atoms with Crippen LogP contribution in [0.4, 0.5) is 14.6 Å². The molecule has 1 aromatic carbocycles. The topological polar surface area (TPSA) is 75.3 Å². The van der Waals surface area contributed by atoms with Gasteiger partial charge in [-0.3, -0.25) is 0 Å². The van der Waals surface area contributed by atoms with Crippen LogP contribution in [0.1, 0.15) is 25.1 Å². The number of para-hydroxylation sites is 1. The highest BCUT2D eigenvalue weighted by Gasteiger charge is 2.31. The van der Waals surface area contributed by atoms with Crippen molar-refractivity contribution in [2.24, 2.45) is 5.73 Å². The van der Waals surface area contributed by atoms with E-state index in [1.54, 1.807) is 12.1 Å². The van der Waals surface area contributed by atoms with Gasteiger partial charge in [0.25, 0.3) is 6.43 Å². The first-order valence-corrected chi connectivity index (χ1v) is 7.22.